The predicted octanol–water partition coefficient (Wildman–Crippen LogP) is 4.84. The highest BCUT2D eigenvalue weighted by atomic mass is 32.1. The molecule has 0 spiro atoms. The Kier molecular flexibility index (Phi) is 5.79. The van der Waals surface area contributed by atoms with Gasteiger partial charge in [-0.1, -0.05) is 6.07 Å². The molecule has 0 aliphatic rings. The van der Waals surface area contributed by atoms with E-state index in [0.717, 1.165) is 10.6 Å². The van der Waals surface area contributed by atoms with Gasteiger partial charge in [-0.2, -0.15) is 20.1 Å². The minimum Gasteiger partial charge on any atom is -0.493 e. The molecule has 0 amide bonds. The van der Waals surface area contributed by atoms with Gasteiger partial charge in [-0.15, -0.1) is 11.3 Å². The summed E-state index contributed by atoms with van der Waals surface area (Å²) in [7, 11) is 1.34. The number of halogens is 2. The van der Waals surface area contributed by atoms with Crippen molar-refractivity contribution in [3.05, 3.63) is 51.7 Å². The largest absolute Gasteiger partial charge is 0.493 e. The molecule has 3 aromatic rings. The number of hydrogen-bond acceptors (Lipinski definition) is 7. The maximum Gasteiger partial charge on any atom is 0.387 e. The van der Waals surface area contributed by atoms with Gasteiger partial charge >= 0.3 is 12.6 Å². The fraction of sp³-hybridized carbons (Fsp3) is 0.176. The van der Waals surface area contributed by atoms with Crippen molar-refractivity contribution in [2.24, 2.45) is 0 Å². The summed E-state index contributed by atoms with van der Waals surface area (Å²) in [6.07, 6.45) is 0. The molecule has 136 valence electrons. The number of benzene rings is 1. The molecule has 0 fully saturated rings. The molecule has 5 nitrogen and oxygen atoms in total. The molecule has 26 heavy (non-hydrogen) atoms. The van der Waals surface area contributed by atoms with Crippen LogP contribution in [0.4, 0.5) is 8.78 Å². The fourth-order valence-electron chi connectivity index (χ4n) is 2.10. The van der Waals surface area contributed by atoms with E-state index in [2.05, 4.69) is 9.72 Å². The first-order valence-corrected chi connectivity index (χ1v) is 9.16. The predicted molar refractivity (Wildman–Crippen MR) is 94.2 cm³/mol. The normalized spacial score (nSPS) is 10.8. The second-order valence-corrected chi connectivity index (χ2v) is 6.63. The Balaban J connectivity index is 1.64. The first-order chi connectivity index (χ1) is 12.6. The Labute approximate surface area is 155 Å². The highest BCUT2D eigenvalue weighted by Gasteiger charge is 2.15. The van der Waals surface area contributed by atoms with E-state index in [1.807, 2.05) is 16.8 Å². The van der Waals surface area contributed by atoms with Crippen LogP contribution in [0.25, 0.3) is 10.6 Å². The topological polar surface area (TPSA) is 57.7 Å². The number of aromatic nitrogens is 1. The Morgan fingerprint density at radius 2 is 2.08 bits per heavy atom. The van der Waals surface area contributed by atoms with E-state index >= 15 is 0 Å². The van der Waals surface area contributed by atoms with E-state index in [1.54, 1.807) is 16.7 Å². The average molecular weight is 397 g/mol. The molecule has 0 N–H and O–H groups in total. The molecular weight excluding hydrogens is 384 g/mol. The lowest BCUT2D eigenvalue weighted by Gasteiger charge is -2.11. The van der Waals surface area contributed by atoms with Gasteiger partial charge in [0.15, 0.2) is 17.2 Å². The second-order valence-electron chi connectivity index (χ2n) is 4.99. The van der Waals surface area contributed by atoms with E-state index in [1.165, 1.54) is 36.6 Å². The van der Waals surface area contributed by atoms with Gasteiger partial charge in [-0.05, 0) is 29.1 Å². The van der Waals surface area contributed by atoms with Crippen LogP contribution in [0.15, 0.2) is 40.4 Å². The molecule has 2 aromatic heterocycles. The number of ether oxygens (including phenoxy) is 3. The van der Waals surface area contributed by atoms with E-state index in [9.17, 15) is 13.6 Å². The third-order valence-corrected chi connectivity index (χ3v) is 4.87. The van der Waals surface area contributed by atoms with Crippen molar-refractivity contribution in [2.75, 3.05) is 7.11 Å². The van der Waals surface area contributed by atoms with E-state index < -0.39 is 12.6 Å². The van der Waals surface area contributed by atoms with Crippen molar-refractivity contribution in [3.63, 3.8) is 0 Å². The van der Waals surface area contributed by atoms with Crippen LogP contribution in [0.1, 0.15) is 16.1 Å². The smallest absolute Gasteiger partial charge is 0.387 e. The highest BCUT2D eigenvalue weighted by molar-refractivity contribution is 7.14. The number of methoxy groups -OCH3 is 1. The Morgan fingerprint density at radius 3 is 2.77 bits per heavy atom. The van der Waals surface area contributed by atoms with Crippen molar-refractivity contribution < 1.29 is 27.8 Å². The summed E-state index contributed by atoms with van der Waals surface area (Å²) >= 11 is 2.91. The Hall–Kier alpha value is -2.52. The van der Waals surface area contributed by atoms with Crippen molar-refractivity contribution in [1.29, 1.82) is 0 Å². The summed E-state index contributed by atoms with van der Waals surface area (Å²) in [5.74, 6) is -0.515. The summed E-state index contributed by atoms with van der Waals surface area (Å²) in [5, 5.41) is 6.26. The molecular formula is C17H13F2NO4S2. The number of hydrogen-bond donors (Lipinski definition) is 0. The molecule has 9 heteroatoms. The molecule has 0 unspecified atom stereocenters. The molecule has 0 aliphatic heterocycles. The molecule has 0 radical (unpaired) electrons. The van der Waals surface area contributed by atoms with Crippen LogP contribution in [0, 0.1) is 0 Å². The van der Waals surface area contributed by atoms with Gasteiger partial charge in [-0.3, -0.25) is 0 Å². The molecule has 0 saturated carbocycles. The summed E-state index contributed by atoms with van der Waals surface area (Å²) in [5.41, 5.74) is 1.75. The van der Waals surface area contributed by atoms with Crippen molar-refractivity contribution in [3.8, 4) is 22.1 Å². The maximum absolute atomic E-state index is 12.3. The lowest BCUT2D eigenvalue weighted by atomic mass is 10.2. The standard InChI is InChI=1S/C17H13F2NO4S2/c1-22-14-6-10(2-3-13(14)24-17(18)19)7-23-16(21)12-9-26-15(20-12)11-4-5-25-8-11/h2-6,8-9,17H,7H2,1H3. The quantitative estimate of drug-likeness (QED) is 0.534. The molecule has 0 saturated heterocycles. The maximum atomic E-state index is 12.3. The van der Waals surface area contributed by atoms with Crippen LogP contribution in [-0.2, 0) is 11.3 Å². The zero-order chi connectivity index (χ0) is 18.5. The lowest BCUT2D eigenvalue weighted by molar-refractivity contribution is -0.0512. The Morgan fingerprint density at radius 1 is 1.23 bits per heavy atom. The minimum absolute atomic E-state index is 0.0462. The van der Waals surface area contributed by atoms with Crippen molar-refractivity contribution >= 4 is 28.6 Å². The van der Waals surface area contributed by atoms with E-state index in [-0.39, 0.29) is 23.8 Å². The number of carbonyl (C=O) groups excluding carboxylic acids is 1. The molecule has 0 bridgehead atoms. The second kappa shape index (κ2) is 8.24. The summed E-state index contributed by atoms with van der Waals surface area (Å²) in [6.45, 7) is -3.00. The third kappa shape index (κ3) is 4.36. The zero-order valence-electron chi connectivity index (χ0n) is 13.5. The summed E-state index contributed by atoms with van der Waals surface area (Å²) in [4.78, 5) is 16.4. The zero-order valence-corrected chi connectivity index (χ0v) is 15.1. The molecule has 2 heterocycles. The number of carbonyl (C=O) groups is 1. The first-order valence-electron chi connectivity index (χ1n) is 7.33. The van der Waals surface area contributed by atoms with Gasteiger partial charge in [0.25, 0.3) is 0 Å². The van der Waals surface area contributed by atoms with E-state index in [4.69, 9.17) is 9.47 Å². The molecule has 3 rings (SSSR count). The van der Waals surface area contributed by atoms with E-state index in [0.29, 0.717) is 5.56 Å². The minimum atomic E-state index is -2.95. The van der Waals surface area contributed by atoms with Gasteiger partial charge in [-0.25, -0.2) is 9.78 Å². The van der Waals surface area contributed by atoms with Crippen molar-refractivity contribution in [1.82, 2.24) is 4.98 Å². The first kappa shape index (κ1) is 18.3. The molecule has 0 aliphatic carbocycles. The SMILES string of the molecule is COc1cc(COC(=O)c2csc(-c3ccsc3)n2)ccc1OC(F)F. The van der Waals surface area contributed by atoms with Crippen LogP contribution in [0.2, 0.25) is 0 Å². The summed E-state index contributed by atoms with van der Waals surface area (Å²) < 4.78 is 39.3. The third-order valence-electron chi connectivity index (χ3n) is 3.30. The van der Waals surface area contributed by atoms with Crippen LogP contribution in [-0.4, -0.2) is 24.7 Å². The van der Waals surface area contributed by atoms with Gasteiger partial charge in [0.1, 0.15) is 11.6 Å². The molecule has 1 aromatic carbocycles. The lowest BCUT2D eigenvalue weighted by Crippen LogP contribution is -2.07. The van der Waals surface area contributed by atoms with Crippen LogP contribution in [0.3, 0.4) is 0 Å². The van der Waals surface area contributed by atoms with Crippen LogP contribution >= 0.6 is 22.7 Å². The van der Waals surface area contributed by atoms with Gasteiger partial charge < -0.3 is 14.2 Å². The fourth-order valence-corrected chi connectivity index (χ4v) is 3.61. The van der Waals surface area contributed by atoms with Gasteiger partial charge in [0.05, 0.1) is 7.11 Å². The average Bonchev–Trinajstić information content (AvgIpc) is 3.31. The van der Waals surface area contributed by atoms with Crippen molar-refractivity contribution in [2.45, 2.75) is 13.2 Å². The van der Waals surface area contributed by atoms with Gasteiger partial charge in [0, 0.05) is 16.3 Å². The monoisotopic (exact) mass is 397 g/mol. The highest BCUT2D eigenvalue weighted by Crippen LogP contribution is 2.30. The van der Waals surface area contributed by atoms with Gasteiger partial charge in [0.2, 0.25) is 0 Å². The van der Waals surface area contributed by atoms with Crippen LogP contribution in [0.5, 0.6) is 11.5 Å². The number of nitrogens with zero attached hydrogens (tertiary/aromatic N) is 1. The summed E-state index contributed by atoms with van der Waals surface area (Å²) in [6, 6.07) is 6.26. The molecule has 0 atom stereocenters. The number of alkyl halides is 2. The number of thiophene rings is 1. The number of rotatable bonds is 7. The number of thiazole rings is 1. The van der Waals surface area contributed by atoms with Crippen LogP contribution < -0.4 is 9.47 Å². The Bertz CT molecular complexity index is 881. The number of esters is 1.